The van der Waals surface area contributed by atoms with Gasteiger partial charge in [-0.15, -0.1) is 0 Å². The molecular formula is C21H29N3O6S. The number of H-pyrrole nitrogens is 1. The Labute approximate surface area is 181 Å². The number of aryl methyl sites for hydroxylation is 1. The summed E-state index contributed by atoms with van der Waals surface area (Å²) in [5.41, 5.74) is -0.269. The van der Waals surface area contributed by atoms with Crippen LogP contribution in [-0.4, -0.2) is 41.9 Å². The molecule has 1 atom stereocenters. The lowest BCUT2D eigenvalue weighted by atomic mass is 10.1. The van der Waals surface area contributed by atoms with Crippen molar-refractivity contribution in [3.05, 3.63) is 62.9 Å². The van der Waals surface area contributed by atoms with Gasteiger partial charge in [0, 0.05) is 18.8 Å². The maximum atomic E-state index is 13.0. The van der Waals surface area contributed by atoms with Crippen LogP contribution in [-0.2, 0) is 21.4 Å². The number of aromatic amines is 1. The lowest BCUT2D eigenvalue weighted by molar-refractivity contribution is -0.0831. The van der Waals surface area contributed by atoms with Crippen LogP contribution in [0, 0.1) is 5.92 Å². The first-order valence-electron chi connectivity index (χ1n) is 10.4. The molecule has 0 radical (unpaired) electrons. The number of hydroxylamine groups is 1. The van der Waals surface area contributed by atoms with Crippen LogP contribution in [0.3, 0.4) is 0 Å². The zero-order chi connectivity index (χ0) is 22.4. The Morgan fingerprint density at radius 2 is 2.03 bits per heavy atom. The maximum absolute atomic E-state index is 13.0. The molecule has 1 aliphatic rings. The molecule has 0 spiro atoms. The van der Waals surface area contributed by atoms with Gasteiger partial charge in [0.25, 0.3) is 5.56 Å². The van der Waals surface area contributed by atoms with Crippen molar-refractivity contribution < 1.29 is 18.0 Å². The number of nitrogens with one attached hydrogen (secondary N) is 1. The molecule has 0 amide bonds. The molecule has 3 rings (SSSR count). The molecular weight excluding hydrogens is 422 g/mol. The van der Waals surface area contributed by atoms with E-state index in [0.717, 1.165) is 10.0 Å². The Balaban J connectivity index is 1.69. The molecule has 0 saturated heterocycles. The molecule has 1 saturated carbocycles. The van der Waals surface area contributed by atoms with E-state index >= 15 is 0 Å². The fraction of sp³-hybridized carbons (Fsp3) is 0.524. The van der Waals surface area contributed by atoms with Gasteiger partial charge in [0.2, 0.25) is 10.0 Å². The number of hydrogen-bond acceptors (Lipinski definition) is 6. The average molecular weight is 452 g/mol. The van der Waals surface area contributed by atoms with Crippen LogP contribution in [0.1, 0.15) is 44.2 Å². The van der Waals surface area contributed by atoms with Crippen LogP contribution >= 0.6 is 0 Å². The highest BCUT2D eigenvalue weighted by Gasteiger charge is 2.31. The van der Waals surface area contributed by atoms with E-state index in [1.54, 1.807) is 0 Å². The molecule has 1 aliphatic carbocycles. The molecule has 1 aromatic carbocycles. The van der Waals surface area contributed by atoms with E-state index < -0.39 is 27.3 Å². The highest BCUT2D eigenvalue weighted by Crippen LogP contribution is 2.32. The first kappa shape index (κ1) is 23.2. The summed E-state index contributed by atoms with van der Waals surface area (Å²) >= 11 is 0. The predicted octanol–water partition coefficient (Wildman–Crippen LogP) is 2.06. The predicted molar refractivity (Wildman–Crippen MR) is 116 cm³/mol. The lowest BCUT2D eigenvalue weighted by Gasteiger charge is -2.28. The van der Waals surface area contributed by atoms with E-state index in [0.29, 0.717) is 24.7 Å². The second-order valence-corrected chi connectivity index (χ2v) is 9.59. The minimum absolute atomic E-state index is 0.160. The summed E-state index contributed by atoms with van der Waals surface area (Å²) in [6.45, 7) is 2.73. The first-order chi connectivity index (χ1) is 14.8. The fourth-order valence-corrected chi connectivity index (χ4v) is 4.94. The zero-order valence-electron chi connectivity index (χ0n) is 17.8. The Morgan fingerprint density at radius 3 is 2.68 bits per heavy atom. The van der Waals surface area contributed by atoms with Crippen LogP contribution in [0.5, 0.6) is 5.75 Å². The molecule has 1 fully saturated rings. The molecule has 0 unspecified atom stereocenters. The van der Waals surface area contributed by atoms with Crippen molar-refractivity contribution in [2.75, 3.05) is 19.5 Å². The normalized spacial score (nSPS) is 15.2. The minimum atomic E-state index is -3.77. The second kappa shape index (κ2) is 10.3. The third-order valence-electron chi connectivity index (χ3n) is 5.22. The summed E-state index contributed by atoms with van der Waals surface area (Å²) in [7, 11) is -2.44. The van der Waals surface area contributed by atoms with Gasteiger partial charge in [0.15, 0.2) is 0 Å². The third-order valence-corrected chi connectivity index (χ3v) is 6.98. The van der Waals surface area contributed by atoms with E-state index in [1.807, 2.05) is 31.2 Å². The summed E-state index contributed by atoms with van der Waals surface area (Å²) in [6, 6.07) is 8.16. The largest absolute Gasteiger partial charge is 0.493 e. The number of benzene rings is 1. The van der Waals surface area contributed by atoms with Crippen LogP contribution in [0.4, 0.5) is 0 Å². The summed E-state index contributed by atoms with van der Waals surface area (Å²) in [6.07, 6.45) is 4.44. The zero-order valence-corrected chi connectivity index (χ0v) is 18.6. The Hall–Kier alpha value is -2.43. The van der Waals surface area contributed by atoms with E-state index in [4.69, 9.17) is 9.57 Å². The first-order valence-corrected chi connectivity index (χ1v) is 12.0. The van der Waals surface area contributed by atoms with Crippen LogP contribution in [0.15, 0.2) is 46.1 Å². The van der Waals surface area contributed by atoms with Gasteiger partial charge >= 0.3 is 5.69 Å². The van der Waals surface area contributed by atoms with Crippen molar-refractivity contribution >= 4 is 10.0 Å². The molecule has 0 aliphatic heterocycles. The van der Waals surface area contributed by atoms with Crippen molar-refractivity contribution in [2.24, 2.45) is 5.92 Å². The van der Waals surface area contributed by atoms with Gasteiger partial charge in [-0.1, -0.05) is 23.5 Å². The van der Waals surface area contributed by atoms with Crippen molar-refractivity contribution in [2.45, 2.75) is 45.2 Å². The monoisotopic (exact) mass is 451 g/mol. The quantitative estimate of drug-likeness (QED) is 0.495. The smallest absolute Gasteiger partial charge is 0.328 e. The lowest BCUT2D eigenvalue weighted by Crippen LogP contribution is -2.36. The van der Waals surface area contributed by atoms with Crippen LogP contribution in [0.25, 0.3) is 0 Å². The third kappa shape index (κ3) is 6.28. The minimum Gasteiger partial charge on any atom is -0.493 e. The van der Waals surface area contributed by atoms with E-state index in [2.05, 4.69) is 4.98 Å². The van der Waals surface area contributed by atoms with Gasteiger partial charge in [0.05, 0.1) is 25.5 Å². The molecule has 2 aromatic rings. The average Bonchev–Trinajstić information content (AvgIpc) is 3.56. The SMILES string of the molecule is CC[C@H](c1cccc(OCC2CC2)c1)N(OC)S(=O)(=O)CCCn1ccc(=O)[nH]c1=O. The van der Waals surface area contributed by atoms with Crippen molar-refractivity contribution in [1.29, 1.82) is 0 Å². The number of nitrogens with zero attached hydrogens (tertiary/aromatic N) is 2. The van der Waals surface area contributed by atoms with Gasteiger partial charge in [-0.2, -0.15) is 0 Å². The molecule has 1 heterocycles. The Morgan fingerprint density at radius 1 is 1.26 bits per heavy atom. The van der Waals surface area contributed by atoms with E-state index in [9.17, 15) is 18.0 Å². The van der Waals surface area contributed by atoms with Gasteiger partial charge in [0.1, 0.15) is 5.75 Å². The summed E-state index contributed by atoms with van der Waals surface area (Å²) in [5.74, 6) is 1.13. The maximum Gasteiger partial charge on any atom is 0.328 e. The number of ether oxygens (including phenoxy) is 1. The number of sulfonamides is 1. The van der Waals surface area contributed by atoms with E-state index in [-0.39, 0.29) is 18.7 Å². The molecule has 1 aromatic heterocycles. The van der Waals surface area contributed by atoms with Crippen molar-refractivity contribution in [1.82, 2.24) is 14.0 Å². The Kier molecular flexibility index (Phi) is 7.69. The van der Waals surface area contributed by atoms with Crippen molar-refractivity contribution in [3.63, 3.8) is 0 Å². The summed E-state index contributed by atoms with van der Waals surface area (Å²) < 4.78 is 34.1. The van der Waals surface area contributed by atoms with Gasteiger partial charge < -0.3 is 9.30 Å². The van der Waals surface area contributed by atoms with Crippen molar-refractivity contribution in [3.8, 4) is 5.75 Å². The van der Waals surface area contributed by atoms with Crippen LogP contribution in [0.2, 0.25) is 0 Å². The molecule has 31 heavy (non-hydrogen) atoms. The molecule has 0 bridgehead atoms. The number of rotatable bonds is 12. The summed E-state index contributed by atoms with van der Waals surface area (Å²) in [4.78, 5) is 30.4. The molecule has 10 heteroatoms. The number of aromatic nitrogens is 2. The second-order valence-electron chi connectivity index (χ2n) is 7.66. The van der Waals surface area contributed by atoms with Gasteiger partial charge in [-0.05, 0) is 49.3 Å². The van der Waals surface area contributed by atoms with E-state index in [1.165, 1.54) is 36.8 Å². The number of hydrogen-bond donors (Lipinski definition) is 1. The molecule has 170 valence electrons. The topological polar surface area (TPSA) is 111 Å². The molecule has 1 N–H and O–H groups in total. The molecule has 9 nitrogen and oxygen atoms in total. The standard InChI is InChI=1S/C21H29N3O6S/c1-3-19(17-6-4-7-18(14-17)30-15-16-8-9-16)24(29-2)31(27,28)13-5-11-23-12-10-20(25)22-21(23)26/h4,6-7,10,12,14,16,19H,3,5,8-9,11,13,15H2,1-2H3,(H,22,25,26)/t19-/m1/s1. The fourth-order valence-electron chi connectivity index (χ4n) is 3.38. The summed E-state index contributed by atoms with van der Waals surface area (Å²) in [5, 5.41) is 0. The van der Waals surface area contributed by atoms with Gasteiger partial charge in [-0.3, -0.25) is 14.6 Å². The highest BCUT2D eigenvalue weighted by atomic mass is 32.2. The van der Waals surface area contributed by atoms with Crippen LogP contribution < -0.4 is 16.0 Å². The highest BCUT2D eigenvalue weighted by molar-refractivity contribution is 7.88. The Bertz CT molecular complexity index is 1090. The van der Waals surface area contributed by atoms with Gasteiger partial charge in [-0.25, -0.2) is 13.2 Å².